The highest BCUT2D eigenvalue weighted by Gasteiger charge is 2.09. The molecule has 0 aliphatic heterocycles. The molecule has 0 saturated heterocycles. The number of aromatic nitrogens is 4. The lowest BCUT2D eigenvalue weighted by Crippen LogP contribution is -2.17. The van der Waals surface area contributed by atoms with Gasteiger partial charge in [-0.1, -0.05) is 36.1 Å². The van der Waals surface area contributed by atoms with Gasteiger partial charge in [-0.3, -0.25) is 9.20 Å². The highest BCUT2D eigenvalue weighted by atomic mass is 32.2. The molecule has 1 atom stereocenters. The van der Waals surface area contributed by atoms with E-state index in [9.17, 15) is 4.79 Å². The minimum Gasteiger partial charge on any atom is -0.358 e. The molecule has 1 N–H and O–H groups in total. The van der Waals surface area contributed by atoms with Crippen molar-refractivity contribution in [3.63, 3.8) is 0 Å². The van der Waals surface area contributed by atoms with Crippen LogP contribution in [0.3, 0.4) is 0 Å². The Hall–Kier alpha value is -1.93. The number of rotatable bonds is 6. The van der Waals surface area contributed by atoms with Crippen molar-refractivity contribution in [1.82, 2.24) is 19.6 Å². The maximum Gasteiger partial charge on any atom is 0.258 e. The molecule has 0 aromatic carbocycles. The van der Waals surface area contributed by atoms with Crippen molar-refractivity contribution in [1.29, 1.82) is 0 Å². The van der Waals surface area contributed by atoms with Crippen LogP contribution >= 0.6 is 23.1 Å². The monoisotopic (exact) mass is 361 g/mol. The maximum absolute atomic E-state index is 12.3. The third-order valence-electron chi connectivity index (χ3n) is 3.67. The second-order valence-corrected chi connectivity index (χ2v) is 7.76. The number of hydrogen-bond acceptors (Lipinski definition) is 7. The fraction of sp³-hybridized carbons (Fsp3) is 0.375. The molecular weight excluding hydrogens is 342 g/mol. The molecule has 0 unspecified atom stereocenters. The fourth-order valence-corrected chi connectivity index (χ4v) is 3.97. The summed E-state index contributed by atoms with van der Waals surface area (Å²) >= 11 is 3.07. The van der Waals surface area contributed by atoms with E-state index in [1.807, 2.05) is 25.1 Å². The lowest BCUT2D eigenvalue weighted by Gasteiger charge is -2.07. The third kappa shape index (κ3) is 3.76. The molecular formula is C16H19N5OS2. The van der Waals surface area contributed by atoms with E-state index in [2.05, 4.69) is 34.3 Å². The average Bonchev–Trinajstić information content (AvgIpc) is 3.00. The van der Waals surface area contributed by atoms with Gasteiger partial charge in [0.1, 0.15) is 5.65 Å². The van der Waals surface area contributed by atoms with Gasteiger partial charge in [0.25, 0.3) is 5.56 Å². The summed E-state index contributed by atoms with van der Waals surface area (Å²) in [6, 6.07) is 7.62. The average molecular weight is 361 g/mol. The zero-order chi connectivity index (χ0) is 17.1. The third-order valence-corrected chi connectivity index (χ3v) is 5.69. The van der Waals surface area contributed by atoms with Gasteiger partial charge in [-0.05, 0) is 32.4 Å². The van der Waals surface area contributed by atoms with Crippen LogP contribution in [0.4, 0.5) is 5.13 Å². The Morgan fingerprint density at radius 3 is 3.00 bits per heavy atom. The van der Waals surface area contributed by atoms with Gasteiger partial charge in [-0.15, -0.1) is 10.2 Å². The van der Waals surface area contributed by atoms with Crippen molar-refractivity contribution in [2.75, 3.05) is 5.32 Å². The summed E-state index contributed by atoms with van der Waals surface area (Å²) in [6.07, 6.45) is 1.03. The number of thioether (sulfide) groups is 1. The molecule has 3 aromatic heterocycles. The Morgan fingerprint density at radius 2 is 2.21 bits per heavy atom. The summed E-state index contributed by atoms with van der Waals surface area (Å²) in [7, 11) is 0. The standard InChI is InChI=1S/C16H19N5OS2/c1-4-10(2)17-15-19-20-16(24-15)23-9-12-8-14(22)21-11(3)6-5-7-13(21)18-12/h5-8,10H,4,9H2,1-3H3,(H,17,19)/t10-/m1/s1. The Balaban J connectivity index is 1.73. The van der Waals surface area contributed by atoms with Crippen LogP contribution in [0.5, 0.6) is 0 Å². The molecule has 0 amide bonds. The highest BCUT2D eigenvalue weighted by molar-refractivity contribution is 8.00. The molecule has 0 spiro atoms. The quantitative estimate of drug-likeness (QED) is 0.679. The van der Waals surface area contributed by atoms with Gasteiger partial charge in [0, 0.05) is 23.6 Å². The number of aryl methyl sites for hydroxylation is 1. The lowest BCUT2D eigenvalue weighted by atomic mass is 10.3. The smallest absolute Gasteiger partial charge is 0.258 e. The minimum absolute atomic E-state index is 0.0508. The van der Waals surface area contributed by atoms with Crippen molar-refractivity contribution in [2.24, 2.45) is 0 Å². The Labute approximate surface area is 148 Å². The zero-order valence-corrected chi connectivity index (χ0v) is 15.4. The van der Waals surface area contributed by atoms with Gasteiger partial charge in [0.2, 0.25) is 5.13 Å². The summed E-state index contributed by atoms with van der Waals surface area (Å²) in [5.41, 5.74) is 2.26. The van der Waals surface area contributed by atoms with Crippen LogP contribution in [0.2, 0.25) is 0 Å². The molecule has 3 rings (SSSR count). The zero-order valence-electron chi connectivity index (χ0n) is 13.8. The van der Waals surface area contributed by atoms with Crippen LogP contribution in [0.25, 0.3) is 5.65 Å². The minimum atomic E-state index is -0.0508. The normalized spacial score (nSPS) is 12.5. The first-order valence-corrected chi connectivity index (χ1v) is 9.58. The Kier molecular flexibility index (Phi) is 5.15. The predicted molar refractivity (Wildman–Crippen MR) is 99.0 cm³/mol. The van der Waals surface area contributed by atoms with Crippen molar-refractivity contribution in [3.05, 3.63) is 46.0 Å². The highest BCUT2D eigenvalue weighted by Crippen LogP contribution is 2.28. The predicted octanol–water partition coefficient (Wildman–Crippen LogP) is 3.36. The van der Waals surface area contributed by atoms with E-state index in [-0.39, 0.29) is 5.56 Å². The topological polar surface area (TPSA) is 72.2 Å². The molecule has 24 heavy (non-hydrogen) atoms. The molecule has 6 nitrogen and oxygen atoms in total. The van der Waals surface area contributed by atoms with E-state index in [1.54, 1.807) is 22.2 Å². The van der Waals surface area contributed by atoms with Crippen LogP contribution in [0, 0.1) is 6.92 Å². The number of nitrogens with zero attached hydrogens (tertiary/aromatic N) is 4. The number of anilines is 1. The van der Waals surface area contributed by atoms with Gasteiger partial charge >= 0.3 is 0 Å². The van der Waals surface area contributed by atoms with Crippen molar-refractivity contribution >= 4 is 33.9 Å². The molecule has 0 fully saturated rings. The first kappa shape index (κ1) is 16.9. The van der Waals surface area contributed by atoms with Gasteiger partial charge in [-0.2, -0.15) is 0 Å². The number of nitrogens with one attached hydrogen (secondary N) is 1. The largest absolute Gasteiger partial charge is 0.358 e. The molecule has 3 aromatic rings. The van der Waals surface area contributed by atoms with Crippen molar-refractivity contribution in [3.8, 4) is 0 Å². The van der Waals surface area contributed by atoms with Crippen LogP contribution in [0.1, 0.15) is 31.7 Å². The van der Waals surface area contributed by atoms with E-state index < -0.39 is 0 Å². The van der Waals surface area contributed by atoms with Crippen LogP contribution in [-0.4, -0.2) is 25.6 Å². The van der Waals surface area contributed by atoms with E-state index in [0.717, 1.165) is 27.3 Å². The van der Waals surface area contributed by atoms with Crippen molar-refractivity contribution < 1.29 is 0 Å². The molecule has 0 radical (unpaired) electrons. The number of pyridine rings is 1. The van der Waals surface area contributed by atoms with Gasteiger partial charge < -0.3 is 5.32 Å². The summed E-state index contributed by atoms with van der Waals surface area (Å²) in [5, 5.41) is 12.5. The van der Waals surface area contributed by atoms with Gasteiger partial charge in [-0.25, -0.2) is 4.98 Å². The van der Waals surface area contributed by atoms with Gasteiger partial charge in [0.05, 0.1) is 5.69 Å². The fourth-order valence-electron chi connectivity index (χ4n) is 2.21. The van der Waals surface area contributed by atoms with Crippen LogP contribution in [-0.2, 0) is 5.75 Å². The second-order valence-electron chi connectivity index (χ2n) is 5.56. The molecule has 0 aliphatic carbocycles. The van der Waals surface area contributed by atoms with Crippen LogP contribution in [0.15, 0.2) is 33.4 Å². The summed E-state index contributed by atoms with van der Waals surface area (Å²) in [4.78, 5) is 16.8. The van der Waals surface area contributed by atoms with E-state index in [0.29, 0.717) is 17.4 Å². The summed E-state index contributed by atoms with van der Waals surface area (Å²) in [6.45, 7) is 6.14. The number of hydrogen-bond donors (Lipinski definition) is 1. The van der Waals surface area contributed by atoms with Crippen LogP contribution < -0.4 is 10.9 Å². The SMILES string of the molecule is CC[C@@H](C)Nc1nnc(SCc2cc(=O)n3c(C)cccc3n2)s1. The molecule has 126 valence electrons. The van der Waals surface area contributed by atoms with E-state index in [4.69, 9.17) is 0 Å². The summed E-state index contributed by atoms with van der Waals surface area (Å²) in [5.74, 6) is 0.595. The molecule has 3 heterocycles. The van der Waals surface area contributed by atoms with E-state index >= 15 is 0 Å². The van der Waals surface area contributed by atoms with E-state index in [1.165, 1.54) is 11.3 Å². The summed E-state index contributed by atoms with van der Waals surface area (Å²) < 4.78 is 2.49. The van der Waals surface area contributed by atoms with Crippen molar-refractivity contribution in [2.45, 2.75) is 43.3 Å². The first-order valence-electron chi connectivity index (χ1n) is 7.78. The first-order chi connectivity index (χ1) is 11.6. The molecule has 8 heteroatoms. The van der Waals surface area contributed by atoms with Gasteiger partial charge in [0.15, 0.2) is 4.34 Å². The molecule has 0 aliphatic rings. The number of fused-ring (bicyclic) bond motifs is 1. The molecule has 0 saturated carbocycles. The maximum atomic E-state index is 12.3. The Morgan fingerprint density at radius 1 is 1.38 bits per heavy atom. The second kappa shape index (κ2) is 7.31. The Bertz CT molecular complexity index is 905. The molecule has 0 bridgehead atoms. The lowest BCUT2D eigenvalue weighted by molar-refractivity contribution is 0.759.